The lowest BCUT2D eigenvalue weighted by molar-refractivity contribution is -0.0555. The quantitative estimate of drug-likeness (QED) is 0.140. The number of hydrogen-bond acceptors (Lipinski definition) is 2. The lowest BCUT2D eigenvalue weighted by atomic mass is 10.1. The van der Waals surface area contributed by atoms with Crippen molar-refractivity contribution in [1.82, 2.24) is 0 Å². The Morgan fingerprint density at radius 1 is 0.850 bits per heavy atom. The van der Waals surface area contributed by atoms with Gasteiger partial charge in [0.25, 0.3) is 0 Å². The van der Waals surface area contributed by atoms with Gasteiger partial charge in [-0.3, -0.25) is 0 Å². The van der Waals surface area contributed by atoms with Gasteiger partial charge in [-0.05, 0) is 12.8 Å². The molecule has 0 radical (unpaired) electrons. The van der Waals surface area contributed by atoms with E-state index in [1.807, 2.05) is 0 Å². The third-order valence-electron chi connectivity index (χ3n) is 3.56. The van der Waals surface area contributed by atoms with E-state index in [1.165, 1.54) is 64.2 Å². The van der Waals surface area contributed by atoms with Crippen LogP contribution in [0, 0.1) is 0 Å². The lowest BCUT2D eigenvalue weighted by Crippen LogP contribution is -2.04. The van der Waals surface area contributed by atoms with Gasteiger partial charge < -0.3 is 28.3 Å². The first-order chi connectivity index (χ1) is 9.81. The molecule has 0 aliphatic rings. The maximum atomic E-state index is 5.50. The molecule has 2 nitrogen and oxygen atoms in total. The van der Waals surface area contributed by atoms with E-state index < -0.39 is 0 Å². The highest BCUT2D eigenvalue weighted by Crippen LogP contribution is 2.12. The topological polar surface area (TPSA) is 18.5 Å². The Hall–Kier alpha value is 1.42. The van der Waals surface area contributed by atoms with E-state index >= 15 is 0 Å². The Bertz CT molecular complexity index is 182. The van der Waals surface area contributed by atoms with E-state index in [9.17, 15) is 0 Å². The fourth-order valence-electron chi connectivity index (χ4n) is 2.13. The van der Waals surface area contributed by atoms with Crippen LogP contribution in [0.5, 0.6) is 0 Å². The molecule has 0 N–H and O–H groups in total. The van der Waals surface area contributed by atoms with E-state index in [0.29, 0.717) is 6.79 Å². The van der Waals surface area contributed by atoms with Crippen LogP contribution in [0.25, 0.3) is 0 Å². The lowest BCUT2D eigenvalue weighted by Gasteiger charge is -2.08. The highest BCUT2D eigenvalue weighted by molar-refractivity contribution is 14.1. The van der Waals surface area contributed by atoms with Gasteiger partial charge in [-0.2, -0.15) is 0 Å². The van der Waals surface area contributed by atoms with E-state index in [2.05, 4.69) is 32.7 Å². The average molecular weight is 409 g/mol. The zero-order chi connectivity index (χ0) is 14.9. The third kappa shape index (κ3) is 17.5. The Labute approximate surface area is 146 Å². The Morgan fingerprint density at radius 2 is 1.40 bits per heavy atom. The van der Waals surface area contributed by atoms with E-state index in [1.54, 1.807) is 0 Å². The van der Waals surface area contributed by atoms with E-state index in [-0.39, 0.29) is 16.5 Å². The average Bonchev–Trinajstić information content (AvgIpc) is 2.47. The number of rotatable bonds is 16. The fourth-order valence-corrected chi connectivity index (χ4v) is 3.89. The highest BCUT2D eigenvalue weighted by Gasteiger charge is 2.02. The molecule has 0 bridgehead atoms. The van der Waals surface area contributed by atoms with Crippen molar-refractivity contribution in [2.75, 3.05) is 20.0 Å². The van der Waals surface area contributed by atoms with Crippen LogP contribution >= 0.6 is 18.9 Å². The molecule has 118 valence electrons. The molecule has 0 aromatic carbocycles. The summed E-state index contributed by atoms with van der Waals surface area (Å²) in [5.41, 5.74) is 0. The second-order valence-corrected chi connectivity index (χ2v) is 10.2. The number of hydrogen-bond donors (Lipinski definition) is 0. The molecule has 4 heteroatoms. The van der Waals surface area contributed by atoms with Crippen molar-refractivity contribution in [3.8, 4) is 0 Å². The first-order valence-corrected chi connectivity index (χ1v) is 14.5. The van der Waals surface area contributed by atoms with Gasteiger partial charge in [0.15, 0.2) is 0 Å². The Balaban J connectivity index is 2.96. The number of unbranched alkanes of at least 4 members (excludes halogenated alkanes) is 7. The van der Waals surface area contributed by atoms with Crippen molar-refractivity contribution in [3.05, 3.63) is 0 Å². The van der Waals surface area contributed by atoms with Crippen LogP contribution < -0.4 is 0 Å². The minimum atomic E-state index is 0.158. The molecule has 0 heterocycles. The monoisotopic (exact) mass is 408 g/mol. The highest BCUT2D eigenvalue weighted by atomic mass is 127. The molecule has 1 atom stereocenters. The zero-order valence-corrected chi connectivity index (χ0v) is 17.2. The molecule has 0 aromatic heterocycles. The zero-order valence-electron chi connectivity index (χ0n) is 13.7. The summed E-state index contributed by atoms with van der Waals surface area (Å²) in [5, 5.41) is 0. The van der Waals surface area contributed by atoms with Crippen molar-refractivity contribution < 1.29 is 9.47 Å². The van der Waals surface area contributed by atoms with Crippen LogP contribution in [0.2, 0.25) is 4.05 Å². The molecule has 0 saturated carbocycles. The maximum absolute atomic E-state index is 5.50. The first-order valence-electron chi connectivity index (χ1n) is 8.52. The van der Waals surface area contributed by atoms with Crippen LogP contribution in [0.1, 0.15) is 78.1 Å². The predicted octanol–water partition coefficient (Wildman–Crippen LogP) is 5.76. The Morgan fingerprint density at radius 3 is 2.00 bits per heavy atom. The van der Waals surface area contributed by atoms with Gasteiger partial charge >= 0.3 is 16.5 Å². The van der Waals surface area contributed by atoms with Gasteiger partial charge in [-0.1, -0.05) is 65.2 Å². The molecule has 20 heavy (non-hydrogen) atoms. The Kier molecular flexibility index (Phi) is 19.8. The van der Waals surface area contributed by atoms with Crippen molar-refractivity contribution in [2.24, 2.45) is 0 Å². The molecule has 0 saturated heterocycles. The van der Waals surface area contributed by atoms with Crippen LogP contribution in [0.15, 0.2) is 0 Å². The van der Waals surface area contributed by atoms with Crippen LogP contribution in [-0.4, -0.2) is 36.5 Å². The SMILES string of the molecule is CCCCCCCCCCOCOCCC[CH](C)[Mg][I]. The van der Waals surface area contributed by atoms with Crippen molar-refractivity contribution in [3.63, 3.8) is 0 Å². The van der Waals surface area contributed by atoms with Gasteiger partial charge in [0, 0.05) is 13.2 Å². The second kappa shape index (κ2) is 18.5. The van der Waals surface area contributed by atoms with Gasteiger partial charge in [0.1, 0.15) is 6.79 Å². The summed E-state index contributed by atoms with van der Waals surface area (Å²) in [6.45, 7) is 6.86. The summed E-state index contributed by atoms with van der Waals surface area (Å²) in [4.78, 5) is 0. The first kappa shape index (κ1) is 21.4. The largest absolute Gasteiger partial charge is 0.466 e. The maximum Gasteiger partial charge on any atom is 0.466 e. The van der Waals surface area contributed by atoms with Crippen molar-refractivity contribution in [2.45, 2.75) is 82.1 Å². The van der Waals surface area contributed by atoms with Crippen molar-refractivity contribution in [1.29, 1.82) is 0 Å². The predicted molar refractivity (Wildman–Crippen MR) is 97.8 cm³/mol. The van der Waals surface area contributed by atoms with Crippen LogP contribution in [0.4, 0.5) is 0 Å². The van der Waals surface area contributed by atoms with Gasteiger partial charge in [0.05, 0.1) is 0 Å². The van der Waals surface area contributed by atoms with Gasteiger partial charge in [-0.15, -0.1) is 4.05 Å². The van der Waals surface area contributed by atoms with Crippen molar-refractivity contribution >= 4 is 35.3 Å². The summed E-state index contributed by atoms with van der Waals surface area (Å²) in [6, 6.07) is 0. The standard InChI is InChI=1S/C16H33O2.HI.Mg/c1-3-5-7-8-9-10-11-13-15-18-16-17-14-12-6-4-2;;/h4H,3,5-16H2,1-2H3;1H;/q;;+1/p-1. The molecule has 0 spiro atoms. The smallest absolute Gasteiger partial charge is 0.355 e. The minimum Gasteiger partial charge on any atom is -0.355 e. The normalized spacial score (nSPS) is 12.3. The molecule has 0 aliphatic heterocycles. The summed E-state index contributed by atoms with van der Waals surface area (Å²) in [5.74, 6) is 0. The summed E-state index contributed by atoms with van der Waals surface area (Å²) >= 11 is 2.74. The van der Waals surface area contributed by atoms with Crippen LogP contribution in [-0.2, 0) is 9.47 Å². The number of halogens is 1. The molecule has 1 unspecified atom stereocenters. The van der Waals surface area contributed by atoms with Gasteiger partial charge in [-0.25, -0.2) is 0 Å². The molecule has 0 aliphatic carbocycles. The molecule has 0 aromatic rings. The van der Waals surface area contributed by atoms with Gasteiger partial charge in [0.2, 0.25) is 0 Å². The van der Waals surface area contributed by atoms with E-state index in [0.717, 1.165) is 17.3 Å². The second-order valence-electron chi connectivity index (χ2n) is 5.81. The molecule has 0 amide bonds. The molecular formula is C16H33IMgO2. The summed E-state index contributed by atoms with van der Waals surface area (Å²) in [7, 11) is 0. The van der Waals surface area contributed by atoms with Crippen LogP contribution in [0.3, 0.4) is 0 Å². The summed E-state index contributed by atoms with van der Waals surface area (Å²) in [6.07, 6.45) is 13.4. The minimum absolute atomic E-state index is 0.158. The van der Waals surface area contributed by atoms with E-state index in [4.69, 9.17) is 9.47 Å². The summed E-state index contributed by atoms with van der Waals surface area (Å²) < 4.78 is 11.9. The molecule has 0 rings (SSSR count). The molecule has 0 fully saturated rings. The fraction of sp³-hybridized carbons (Fsp3) is 1.00. The number of ether oxygens (including phenoxy) is 2. The third-order valence-corrected chi connectivity index (χ3v) is 9.00. The molecular weight excluding hydrogens is 375 g/mol.